The molecule has 0 bridgehead atoms. The highest BCUT2D eigenvalue weighted by Gasteiger charge is 2.24. The van der Waals surface area contributed by atoms with Gasteiger partial charge in [0.25, 0.3) is 0 Å². The lowest BCUT2D eigenvalue weighted by Crippen LogP contribution is -2.07. The minimum absolute atomic E-state index is 0.0518. The quantitative estimate of drug-likeness (QED) is 0.539. The van der Waals surface area contributed by atoms with Crippen LogP contribution < -0.4 is 10.6 Å². The zero-order valence-electron chi connectivity index (χ0n) is 13.1. The van der Waals surface area contributed by atoms with E-state index in [4.69, 9.17) is 0 Å². The molecule has 1 amide bonds. The van der Waals surface area contributed by atoms with Gasteiger partial charge in [-0.25, -0.2) is 15.0 Å². The summed E-state index contributed by atoms with van der Waals surface area (Å²) in [6, 6.07) is 6.70. The van der Waals surface area contributed by atoms with Crippen LogP contribution in [0.3, 0.4) is 0 Å². The van der Waals surface area contributed by atoms with Crippen LogP contribution in [-0.4, -0.2) is 30.3 Å². The predicted molar refractivity (Wildman–Crippen MR) is 89.8 cm³/mol. The molecule has 10 nitrogen and oxygen atoms in total. The Bertz CT molecular complexity index is 907. The molecule has 2 aromatic heterocycles. The van der Waals surface area contributed by atoms with E-state index in [1.807, 2.05) is 0 Å². The average Bonchev–Trinajstić information content (AvgIpc) is 3.10. The second-order valence-corrected chi connectivity index (χ2v) is 5.01. The van der Waals surface area contributed by atoms with E-state index >= 15 is 0 Å². The largest absolute Gasteiger partial charge is 0.354 e. The van der Waals surface area contributed by atoms with Crippen LogP contribution in [0.2, 0.25) is 0 Å². The van der Waals surface area contributed by atoms with Gasteiger partial charge < -0.3 is 10.6 Å². The molecule has 2 N–H and O–H groups in total. The fraction of sp³-hybridized carbons (Fsp3) is 0.0667. The van der Waals surface area contributed by atoms with Gasteiger partial charge in [0, 0.05) is 30.7 Å². The molecule has 3 aromatic rings. The number of aromatic nitrogens is 4. The molecule has 0 saturated carbocycles. The summed E-state index contributed by atoms with van der Waals surface area (Å²) in [6.45, 7) is 1.41. The zero-order valence-corrected chi connectivity index (χ0v) is 13.1. The molecule has 3 rings (SSSR count). The molecule has 0 aliphatic heterocycles. The Morgan fingerprint density at radius 1 is 1.20 bits per heavy atom. The van der Waals surface area contributed by atoms with Gasteiger partial charge in [0.2, 0.25) is 17.5 Å². The number of nitrogens with zero attached hydrogens (tertiary/aromatic N) is 5. The fourth-order valence-electron chi connectivity index (χ4n) is 2.18. The Morgan fingerprint density at radius 2 is 1.92 bits per heavy atom. The first-order valence-corrected chi connectivity index (χ1v) is 7.17. The molecule has 0 aliphatic carbocycles. The number of nitro groups is 1. The number of nitrogens with one attached hydrogen (secondary N) is 2. The van der Waals surface area contributed by atoms with Crippen molar-refractivity contribution in [2.24, 2.45) is 0 Å². The topological polar surface area (TPSA) is 128 Å². The second-order valence-electron chi connectivity index (χ2n) is 5.01. The van der Waals surface area contributed by atoms with Crippen LogP contribution in [0.1, 0.15) is 6.92 Å². The van der Waals surface area contributed by atoms with Crippen LogP contribution >= 0.6 is 0 Å². The van der Waals surface area contributed by atoms with E-state index in [2.05, 4.69) is 25.6 Å². The van der Waals surface area contributed by atoms with Crippen LogP contribution in [0.15, 0.2) is 49.3 Å². The van der Waals surface area contributed by atoms with Crippen molar-refractivity contribution in [1.29, 1.82) is 0 Å². The molecule has 25 heavy (non-hydrogen) atoms. The normalized spacial score (nSPS) is 10.3. The van der Waals surface area contributed by atoms with Gasteiger partial charge in [-0.1, -0.05) is 0 Å². The van der Waals surface area contributed by atoms with Gasteiger partial charge in [0.05, 0.1) is 4.92 Å². The molecule has 0 atom stereocenters. The van der Waals surface area contributed by atoms with Crippen molar-refractivity contribution in [3.8, 4) is 5.82 Å². The lowest BCUT2D eigenvalue weighted by Gasteiger charge is -2.09. The van der Waals surface area contributed by atoms with Gasteiger partial charge in [-0.15, -0.1) is 0 Å². The number of anilines is 3. The number of imidazole rings is 1. The van der Waals surface area contributed by atoms with Crippen molar-refractivity contribution in [1.82, 2.24) is 19.5 Å². The average molecular weight is 339 g/mol. The number of carbonyl (C=O) groups excluding carboxylic acids is 1. The van der Waals surface area contributed by atoms with Gasteiger partial charge in [0.15, 0.2) is 0 Å². The summed E-state index contributed by atoms with van der Waals surface area (Å²) in [4.78, 5) is 33.8. The third-order valence-corrected chi connectivity index (χ3v) is 3.20. The SMILES string of the molecule is CC(=O)Nc1ccc(Nc2ncnc(-n3ccnc3)c2[N+](=O)[O-])cc1. The van der Waals surface area contributed by atoms with Gasteiger partial charge in [-0.3, -0.25) is 19.5 Å². The van der Waals surface area contributed by atoms with Crippen LogP contribution in [0, 0.1) is 10.1 Å². The maximum atomic E-state index is 11.5. The molecular weight excluding hydrogens is 326 g/mol. The number of amides is 1. The molecule has 0 radical (unpaired) electrons. The fourth-order valence-corrected chi connectivity index (χ4v) is 2.18. The monoisotopic (exact) mass is 339 g/mol. The Morgan fingerprint density at radius 3 is 2.52 bits per heavy atom. The lowest BCUT2D eigenvalue weighted by molar-refractivity contribution is -0.384. The molecule has 0 fully saturated rings. The van der Waals surface area contributed by atoms with Crippen molar-refractivity contribution in [3.63, 3.8) is 0 Å². The van der Waals surface area contributed by atoms with E-state index < -0.39 is 4.92 Å². The molecule has 0 saturated heterocycles. The Kier molecular flexibility index (Phi) is 4.33. The third kappa shape index (κ3) is 3.58. The third-order valence-electron chi connectivity index (χ3n) is 3.20. The number of hydrogen-bond acceptors (Lipinski definition) is 7. The van der Waals surface area contributed by atoms with Gasteiger partial charge in [-0.05, 0) is 24.3 Å². The molecule has 0 aliphatic rings. The number of hydrogen-bond donors (Lipinski definition) is 2. The van der Waals surface area contributed by atoms with Gasteiger partial charge in [-0.2, -0.15) is 0 Å². The molecule has 2 heterocycles. The van der Waals surface area contributed by atoms with Gasteiger partial charge >= 0.3 is 5.69 Å². The Labute approximate surface area is 141 Å². The van der Waals surface area contributed by atoms with Crippen LogP contribution in [0.4, 0.5) is 22.9 Å². The standard InChI is InChI=1S/C15H13N7O3/c1-10(23)19-11-2-4-12(5-3-11)20-14-13(22(24)25)15(18-8-17-14)21-7-6-16-9-21/h2-9H,1H3,(H,19,23)(H,17,18,20). The molecular formula is C15H13N7O3. The summed E-state index contributed by atoms with van der Waals surface area (Å²) in [6.07, 6.45) is 5.71. The van der Waals surface area contributed by atoms with Crippen LogP contribution in [-0.2, 0) is 4.79 Å². The minimum atomic E-state index is -0.552. The summed E-state index contributed by atoms with van der Waals surface area (Å²) in [5.41, 5.74) is 0.924. The first kappa shape index (κ1) is 16.1. The second kappa shape index (κ2) is 6.74. The highest BCUT2D eigenvalue weighted by molar-refractivity contribution is 5.88. The maximum Gasteiger partial charge on any atom is 0.354 e. The van der Waals surface area contributed by atoms with Crippen LogP contribution in [0.25, 0.3) is 5.82 Å². The van der Waals surface area contributed by atoms with Crippen molar-refractivity contribution in [2.75, 3.05) is 10.6 Å². The highest BCUT2D eigenvalue weighted by atomic mass is 16.6. The Hall–Kier alpha value is -3.82. The lowest BCUT2D eigenvalue weighted by atomic mass is 10.2. The smallest absolute Gasteiger partial charge is 0.334 e. The summed E-state index contributed by atoms with van der Waals surface area (Å²) < 4.78 is 1.44. The first-order valence-electron chi connectivity index (χ1n) is 7.17. The van der Waals surface area contributed by atoms with E-state index in [-0.39, 0.29) is 23.2 Å². The number of benzene rings is 1. The summed E-state index contributed by atoms with van der Waals surface area (Å²) in [5, 5.41) is 17.0. The van der Waals surface area contributed by atoms with E-state index in [1.54, 1.807) is 30.5 Å². The predicted octanol–water partition coefficient (Wildman–Crippen LogP) is 2.27. The molecule has 0 spiro atoms. The summed E-state index contributed by atoms with van der Waals surface area (Å²) in [7, 11) is 0. The van der Waals surface area contributed by atoms with Crippen molar-refractivity contribution < 1.29 is 9.72 Å². The minimum Gasteiger partial charge on any atom is -0.334 e. The van der Waals surface area contributed by atoms with E-state index in [1.165, 1.54) is 30.3 Å². The van der Waals surface area contributed by atoms with Crippen molar-refractivity contribution in [3.05, 3.63) is 59.4 Å². The molecule has 0 unspecified atom stereocenters. The molecule has 1 aromatic carbocycles. The van der Waals surface area contributed by atoms with Crippen LogP contribution in [0.5, 0.6) is 0 Å². The number of carbonyl (C=O) groups is 1. The van der Waals surface area contributed by atoms with E-state index in [0.717, 1.165) is 0 Å². The Balaban J connectivity index is 1.93. The molecule has 126 valence electrons. The maximum absolute atomic E-state index is 11.5. The van der Waals surface area contributed by atoms with Gasteiger partial charge in [0.1, 0.15) is 12.7 Å². The summed E-state index contributed by atoms with van der Waals surface area (Å²) in [5.74, 6) is -0.0250. The van der Waals surface area contributed by atoms with Crippen molar-refractivity contribution >= 4 is 28.8 Å². The van der Waals surface area contributed by atoms with E-state index in [0.29, 0.717) is 11.4 Å². The highest BCUT2D eigenvalue weighted by Crippen LogP contribution is 2.30. The zero-order chi connectivity index (χ0) is 17.8. The first-order chi connectivity index (χ1) is 12.0. The molecule has 10 heteroatoms. The summed E-state index contributed by atoms with van der Waals surface area (Å²) >= 11 is 0. The number of rotatable bonds is 5. The van der Waals surface area contributed by atoms with Crippen molar-refractivity contribution in [2.45, 2.75) is 6.92 Å². The van der Waals surface area contributed by atoms with E-state index in [9.17, 15) is 14.9 Å².